The predicted molar refractivity (Wildman–Crippen MR) is 99.3 cm³/mol. The normalized spacial score (nSPS) is 12.8. The van der Waals surface area contributed by atoms with Crippen LogP contribution in [-0.4, -0.2) is 48.5 Å². The number of rotatable bonds is 10. The molecule has 0 aliphatic heterocycles. The minimum absolute atomic E-state index is 0.238. The third kappa shape index (κ3) is 8.07. The van der Waals surface area contributed by atoms with Crippen LogP contribution in [-0.2, 0) is 25.5 Å². The van der Waals surface area contributed by atoms with Crippen molar-refractivity contribution in [2.45, 2.75) is 38.8 Å². The molecule has 0 aromatic heterocycles. The Morgan fingerprint density at radius 2 is 1.80 bits per heavy atom. The van der Waals surface area contributed by atoms with E-state index in [9.17, 15) is 14.4 Å². The van der Waals surface area contributed by atoms with Gasteiger partial charge in [-0.2, -0.15) is 11.8 Å². The van der Waals surface area contributed by atoms with E-state index >= 15 is 0 Å². The standard InChI is InChI=1S/C18H26N2O4S/c1-4-24-18(23)16(12-14-8-6-5-7-9-14)20-17(22)15(10-11-25-3)19-13(2)21/h5-9,15-16H,4,10-12H2,1-3H3,(H,19,21)(H,20,22)/t15-,16-/m0/s1. The zero-order chi connectivity index (χ0) is 18.7. The second-order valence-electron chi connectivity index (χ2n) is 5.54. The van der Waals surface area contributed by atoms with E-state index in [1.165, 1.54) is 6.92 Å². The van der Waals surface area contributed by atoms with Gasteiger partial charge in [-0.3, -0.25) is 9.59 Å². The molecule has 138 valence electrons. The van der Waals surface area contributed by atoms with Gasteiger partial charge in [-0.1, -0.05) is 30.3 Å². The molecule has 0 unspecified atom stereocenters. The first-order chi connectivity index (χ1) is 12.0. The molecular weight excluding hydrogens is 340 g/mol. The van der Waals surface area contributed by atoms with E-state index in [0.717, 1.165) is 11.3 Å². The number of hydrogen-bond acceptors (Lipinski definition) is 5. The van der Waals surface area contributed by atoms with Crippen LogP contribution < -0.4 is 10.6 Å². The van der Waals surface area contributed by atoms with Crippen molar-refractivity contribution in [3.8, 4) is 0 Å². The molecule has 0 aliphatic rings. The highest BCUT2D eigenvalue weighted by atomic mass is 32.2. The summed E-state index contributed by atoms with van der Waals surface area (Å²) in [4.78, 5) is 36.1. The largest absolute Gasteiger partial charge is 0.464 e. The fourth-order valence-electron chi connectivity index (χ4n) is 2.31. The molecule has 1 aromatic rings. The molecular formula is C18H26N2O4S. The lowest BCUT2D eigenvalue weighted by atomic mass is 10.1. The summed E-state index contributed by atoms with van der Waals surface area (Å²) in [6.45, 7) is 3.33. The van der Waals surface area contributed by atoms with Gasteiger partial charge in [0.2, 0.25) is 11.8 Å². The first-order valence-electron chi connectivity index (χ1n) is 8.24. The van der Waals surface area contributed by atoms with E-state index in [-0.39, 0.29) is 18.4 Å². The van der Waals surface area contributed by atoms with Crippen molar-refractivity contribution >= 4 is 29.5 Å². The van der Waals surface area contributed by atoms with Crippen molar-refractivity contribution in [1.82, 2.24) is 10.6 Å². The molecule has 2 N–H and O–H groups in total. The smallest absolute Gasteiger partial charge is 0.328 e. The monoisotopic (exact) mass is 366 g/mol. The van der Waals surface area contributed by atoms with Gasteiger partial charge in [-0.05, 0) is 30.9 Å². The predicted octanol–water partition coefficient (Wildman–Crippen LogP) is 1.53. The molecule has 0 saturated carbocycles. The number of benzene rings is 1. The SMILES string of the molecule is CCOC(=O)[C@H](Cc1ccccc1)NC(=O)[C@H](CCSC)NC(C)=O. The van der Waals surface area contributed by atoms with Gasteiger partial charge < -0.3 is 15.4 Å². The number of hydrogen-bond donors (Lipinski definition) is 2. The second-order valence-corrected chi connectivity index (χ2v) is 6.52. The highest BCUT2D eigenvalue weighted by Gasteiger charge is 2.27. The average molecular weight is 366 g/mol. The van der Waals surface area contributed by atoms with E-state index in [1.807, 2.05) is 36.6 Å². The lowest BCUT2D eigenvalue weighted by Crippen LogP contribution is -2.52. The van der Waals surface area contributed by atoms with E-state index < -0.39 is 18.1 Å². The van der Waals surface area contributed by atoms with Gasteiger partial charge in [0.25, 0.3) is 0 Å². The van der Waals surface area contributed by atoms with Crippen molar-refractivity contribution in [2.75, 3.05) is 18.6 Å². The van der Waals surface area contributed by atoms with Crippen molar-refractivity contribution < 1.29 is 19.1 Å². The van der Waals surface area contributed by atoms with Crippen LogP contribution >= 0.6 is 11.8 Å². The number of ether oxygens (including phenoxy) is 1. The molecule has 0 fully saturated rings. The lowest BCUT2D eigenvalue weighted by Gasteiger charge is -2.22. The highest BCUT2D eigenvalue weighted by Crippen LogP contribution is 2.07. The first kappa shape index (κ1) is 21.0. The summed E-state index contributed by atoms with van der Waals surface area (Å²) >= 11 is 1.59. The number of nitrogens with one attached hydrogen (secondary N) is 2. The van der Waals surface area contributed by atoms with E-state index in [0.29, 0.717) is 12.8 Å². The van der Waals surface area contributed by atoms with Gasteiger partial charge in [0, 0.05) is 13.3 Å². The Morgan fingerprint density at radius 1 is 1.12 bits per heavy atom. The van der Waals surface area contributed by atoms with Crippen molar-refractivity contribution in [1.29, 1.82) is 0 Å². The van der Waals surface area contributed by atoms with Crippen molar-refractivity contribution in [3.63, 3.8) is 0 Å². The summed E-state index contributed by atoms with van der Waals surface area (Å²) in [5.41, 5.74) is 0.918. The summed E-state index contributed by atoms with van der Waals surface area (Å²) in [6, 6.07) is 7.94. The van der Waals surface area contributed by atoms with Gasteiger partial charge in [0.15, 0.2) is 0 Å². The molecule has 2 amide bonds. The van der Waals surface area contributed by atoms with Crippen LogP contribution in [0.5, 0.6) is 0 Å². The Kier molecular flexibility index (Phi) is 9.69. The molecule has 6 nitrogen and oxygen atoms in total. The maximum absolute atomic E-state index is 12.6. The van der Waals surface area contributed by atoms with Crippen LogP contribution in [0.1, 0.15) is 25.8 Å². The highest BCUT2D eigenvalue weighted by molar-refractivity contribution is 7.98. The topological polar surface area (TPSA) is 84.5 Å². The fourth-order valence-corrected chi connectivity index (χ4v) is 2.78. The summed E-state index contributed by atoms with van der Waals surface area (Å²) in [5.74, 6) is -0.414. The molecule has 0 heterocycles. The van der Waals surface area contributed by atoms with E-state index in [1.54, 1.807) is 18.7 Å². The maximum atomic E-state index is 12.6. The molecule has 1 aromatic carbocycles. The summed E-state index contributed by atoms with van der Waals surface area (Å²) in [7, 11) is 0. The van der Waals surface area contributed by atoms with Gasteiger partial charge in [0.1, 0.15) is 12.1 Å². The molecule has 1 rings (SSSR count). The molecule has 0 aliphatic carbocycles. The van der Waals surface area contributed by atoms with Crippen LogP contribution in [0.15, 0.2) is 30.3 Å². The van der Waals surface area contributed by atoms with Gasteiger partial charge in [-0.15, -0.1) is 0 Å². The maximum Gasteiger partial charge on any atom is 0.328 e. The summed E-state index contributed by atoms with van der Waals surface area (Å²) in [5, 5.41) is 5.37. The first-order valence-corrected chi connectivity index (χ1v) is 9.64. The molecule has 25 heavy (non-hydrogen) atoms. The Labute approximate surface area is 153 Å². The van der Waals surface area contributed by atoms with Crippen LogP contribution in [0, 0.1) is 0 Å². The number of carbonyl (C=O) groups excluding carboxylic acids is 3. The fraction of sp³-hybridized carbons (Fsp3) is 0.500. The van der Waals surface area contributed by atoms with Crippen LogP contribution in [0.2, 0.25) is 0 Å². The zero-order valence-corrected chi connectivity index (χ0v) is 15.7. The summed E-state index contributed by atoms with van der Waals surface area (Å²) in [6.07, 6.45) is 2.76. The number of carbonyl (C=O) groups is 3. The van der Waals surface area contributed by atoms with E-state index in [2.05, 4.69) is 10.6 Å². The Balaban J connectivity index is 2.83. The second kappa shape index (κ2) is 11.5. The van der Waals surface area contributed by atoms with Gasteiger partial charge in [0.05, 0.1) is 6.61 Å². The number of amides is 2. The molecule has 0 saturated heterocycles. The molecule has 2 atom stereocenters. The quantitative estimate of drug-likeness (QED) is 0.614. The number of esters is 1. The third-order valence-electron chi connectivity index (χ3n) is 3.47. The minimum atomic E-state index is -0.791. The van der Waals surface area contributed by atoms with Crippen LogP contribution in [0.25, 0.3) is 0 Å². The minimum Gasteiger partial charge on any atom is -0.464 e. The Bertz CT molecular complexity index is 565. The van der Waals surface area contributed by atoms with Crippen LogP contribution in [0.4, 0.5) is 0 Å². The van der Waals surface area contributed by atoms with E-state index in [4.69, 9.17) is 4.74 Å². The van der Waals surface area contributed by atoms with Gasteiger partial charge >= 0.3 is 5.97 Å². The Hall–Kier alpha value is -2.02. The third-order valence-corrected chi connectivity index (χ3v) is 4.12. The molecule has 0 bridgehead atoms. The molecule has 0 spiro atoms. The van der Waals surface area contributed by atoms with Crippen molar-refractivity contribution in [3.05, 3.63) is 35.9 Å². The molecule has 7 heteroatoms. The Morgan fingerprint density at radius 3 is 2.36 bits per heavy atom. The van der Waals surface area contributed by atoms with Crippen molar-refractivity contribution in [2.24, 2.45) is 0 Å². The zero-order valence-electron chi connectivity index (χ0n) is 14.9. The average Bonchev–Trinajstić information content (AvgIpc) is 2.58. The lowest BCUT2D eigenvalue weighted by molar-refractivity contribution is -0.147. The van der Waals surface area contributed by atoms with Gasteiger partial charge in [-0.25, -0.2) is 4.79 Å². The van der Waals surface area contributed by atoms with Crippen LogP contribution in [0.3, 0.4) is 0 Å². The number of thioether (sulfide) groups is 1. The summed E-state index contributed by atoms with van der Waals surface area (Å²) < 4.78 is 5.07. The molecule has 0 radical (unpaired) electrons.